The summed E-state index contributed by atoms with van der Waals surface area (Å²) in [5.74, 6) is -0.185. The van der Waals surface area contributed by atoms with Crippen molar-refractivity contribution in [2.45, 2.75) is 249 Å². The highest BCUT2D eigenvalue weighted by molar-refractivity contribution is 5.76. The quantitative estimate of drug-likeness (QED) is 0.0268. The van der Waals surface area contributed by atoms with Gasteiger partial charge >= 0.3 is 0 Å². The van der Waals surface area contributed by atoms with Crippen molar-refractivity contribution in [1.29, 1.82) is 0 Å². The Hall–Kier alpha value is -1.33. The SMILES string of the molecule is CCCCCCCCCCCC/C=C/CC/C=C/C(O)C(COC1OC(CO)C(O)C(O)C1O)NC(=O)CCCCCCCCCCCCCCCCCC. The third-order valence-electron chi connectivity index (χ3n) is 11.0. The second kappa shape index (κ2) is 37.0. The average molecular weight is 782 g/mol. The van der Waals surface area contributed by atoms with Crippen molar-refractivity contribution in [2.24, 2.45) is 0 Å². The number of allylic oxidation sites excluding steroid dienone is 3. The fourth-order valence-corrected chi connectivity index (χ4v) is 7.29. The van der Waals surface area contributed by atoms with E-state index < -0.39 is 49.5 Å². The van der Waals surface area contributed by atoms with Crippen LogP contribution in [0.4, 0.5) is 0 Å². The molecule has 1 aliphatic rings. The summed E-state index contributed by atoms with van der Waals surface area (Å²) in [7, 11) is 0. The van der Waals surface area contributed by atoms with Crippen molar-refractivity contribution in [3.05, 3.63) is 24.3 Å². The summed E-state index contributed by atoms with van der Waals surface area (Å²) in [6.45, 7) is 3.76. The molecule has 0 aromatic carbocycles. The zero-order valence-electron chi connectivity index (χ0n) is 35.4. The Morgan fingerprint density at radius 3 is 1.53 bits per heavy atom. The number of unbranched alkanes of at least 4 members (excludes halogenated alkanes) is 26. The van der Waals surface area contributed by atoms with Crippen molar-refractivity contribution in [3.8, 4) is 0 Å². The number of rotatable bonds is 38. The molecule has 0 radical (unpaired) electrons. The molecule has 1 aliphatic heterocycles. The van der Waals surface area contributed by atoms with Crippen LogP contribution in [0.15, 0.2) is 24.3 Å². The largest absolute Gasteiger partial charge is 0.394 e. The van der Waals surface area contributed by atoms with Crippen LogP contribution in [-0.4, -0.2) is 87.5 Å². The molecule has 1 rings (SSSR count). The molecule has 0 aromatic rings. The van der Waals surface area contributed by atoms with Gasteiger partial charge in [0.15, 0.2) is 6.29 Å². The number of carbonyl (C=O) groups excluding carboxylic acids is 1. The summed E-state index contributed by atoms with van der Waals surface area (Å²) < 4.78 is 11.2. The van der Waals surface area contributed by atoms with Gasteiger partial charge in [-0.1, -0.05) is 192 Å². The zero-order chi connectivity index (χ0) is 40.2. The first-order valence-electron chi connectivity index (χ1n) is 23.1. The van der Waals surface area contributed by atoms with Crippen LogP contribution in [0, 0.1) is 0 Å². The number of aliphatic hydroxyl groups is 5. The maximum absolute atomic E-state index is 12.9. The molecule has 0 saturated carbocycles. The lowest BCUT2D eigenvalue weighted by Crippen LogP contribution is -2.60. The van der Waals surface area contributed by atoms with Crippen molar-refractivity contribution in [1.82, 2.24) is 5.32 Å². The molecule has 0 spiro atoms. The molecule has 0 aliphatic carbocycles. The van der Waals surface area contributed by atoms with E-state index in [2.05, 4.69) is 31.3 Å². The Morgan fingerprint density at radius 1 is 0.600 bits per heavy atom. The fourth-order valence-electron chi connectivity index (χ4n) is 7.29. The molecule has 0 aromatic heterocycles. The minimum absolute atomic E-state index is 0.185. The van der Waals surface area contributed by atoms with Gasteiger partial charge in [0.2, 0.25) is 5.91 Å². The lowest BCUT2D eigenvalue weighted by molar-refractivity contribution is -0.302. The van der Waals surface area contributed by atoms with Crippen molar-refractivity contribution < 1.29 is 39.8 Å². The second-order valence-corrected chi connectivity index (χ2v) is 16.2. The fraction of sp³-hybridized carbons (Fsp3) is 0.891. The number of hydrogen-bond acceptors (Lipinski definition) is 8. The maximum Gasteiger partial charge on any atom is 0.220 e. The molecular weight excluding hydrogens is 695 g/mol. The average Bonchev–Trinajstić information content (AvgIpc) is 3.18. The van der Waals surface area contributed by atoms with E-state index >= 15 is 0 Å². The number of hydrogen-bond donors (Lipinski definition) is 6. The molecule has 1 amide bonds. The van der Waals surface area contributed by atoms with Gasteiger partial charge in [-0.25, -0.2) is 0 Å². The Kier molecular flexibility index (Phi) is 34.7. The van der Waals surface area contributed by atoms with Crippen molar-refractivity contribution in [2.75, 3.05) is 13.2 Å². The van der Waals surface area contributed by atoms with E-state index in [1.165, 1.54) is 148 Å². The standard InChI is InChI=1S/C46H87NO8/c1-3-5-7-9-11-13-15-17-19-21-23-25-27-29-31-33-35-40(49)39(38-54-46-45(53)44(52)43(51)41(37-48)55-46)47-42(50)36-34-32-30-28-26-24-22-20-18-16-14-12-10-8-6-4-2/h25,27,33,35,39-41,43-46,48-49,51-53H,3-24,26,28-32,34,36-38H2,1-2H3,(H,47,50)/b27-25+,35-33+. The third kappa shape index (κ3) is 27.9. The van der Waals surface area contributed by atoms with Gasteiger partial charge in [-0.15, -0.1) is 0 Å². The molecule has 0 bridgehead atoms. The van der Waals surface area contributed by atoms with Crippen LogP contribution in [0.3, 0.4) is 0 Å². The van der Waals surface area contributed by atoms with Crippen molar-refractivity contribution in [3.63, 3.8) is 0 Å². The molecule has 6 N–H and O–H groups in total. The van der Waals surface area contributed by atoms with E-state index in [-0.39, 0.29) is 12.5 Å². The minimum Gasteiger partial charge on any atom is -0.394 e. The lowest BCUT2D eigenvalue weighted by atomic mass is 9.99. The topological polar surface area (TPSA) is 149 Å². The minimum atomic E-state index is -1.57. The highest BCUT2D eigenvalue weighted by Gasteiger charge is 2.44. The molecule has 9 nitrogen and oxygen atoms in total. The van der Waals surface area contributed by atoms with Gasteiger partial charge in [-0.2, -0.15) is 0 Å². The molecule has 7 atom stereocenters. The van der Waals surface area contributed by atoms with Gasteiger partial charge in [-0.3, -0.25) is 4.79 Å². The maximum atomic E-state index is 12.9. The van der Waals surface area contributed by atoms with E-state index in [4.69, 9.17) is 9.47 Å². The van der Waals surface area contributed by atoms with Crippen LogP contribution in [0.2, 0.25) is 0 Å². The first-order chi connectivity index (χ1) is 26.8. The molecule has 9 heteroatoms. The van der Waals surface area contributed by atoms with E-state index in [0.29, 0.717) is 6.42 Å². The van der Waals surface area contributed by atoms with Crippen LogP contribution in [-0.2, 0) is 14.3 Å². The summed E-state index contributed by atoms with van der Waals surface area (Å²) in [5.41, 5.74) is 0. The van der Waals surface area contributed by atoms with Crippen LogP contribution in [0.25, 0.3) is 0 Å². The number of nitrogens with one attached hydrogen (secondary N) is 1. The highest BCUT2D eigenvalue weighted by Crippen LogP contribution is 2.22. The van der Waals surface area contributed by atoms with E-state index in [1.54, 1.807) is 6.08 Å². The Balaban J connectivity index is 2.38. The second-order valence-electron chi connectivity index (χ2n) is 16.2. The molecule has 1 fully saturated rings. The molecular formula is C46H87NO8. The van der Waals surface area contributed by atoms with E-state index in [0.717, 1.165) is 38.5 Å². The van der Waals surface area contributed by atoms with E-state index in [1.807, 2.05) is 6.08 Å². The molecule has 1 heterocycles. The van der Waals surface area contributed by atoms with Crippen LogP contribution < -0.4 is 5.32 Å². The van der Waals surface area contributed by atoms with Gasteiger partial charge in [-0.05, 0) is 32.1 Å². The van der Waals surface area contributed by atoms with Gasteiger partial charge in [0.05, 0.1) is 25.4 Å². The van der Waals surface area contributed by atoms with Crippen LogP contribution in [0.5, 0.6) is 0 Å². The summed E-state index contributed by atoms with van der Waals surface area (Å²) >= 11 is 0. The third-order valence-corrected chi connectivity index (χ3v) is 11.0. The summed E-state index contributed by atoms with van der Waals surface area (Å²) in [5, 5.41) is 54.1. The highest BCUT2D eigenvalue weighted by atomic mass is 16.7. The van der Waals surface area contributed by atoms with Crippen LogP contribution >= 0.6 is 0 Å². The molecule has 7 unspecified atom stereocenters. The summed E-state index contributed by atoms with van der Waals surface area (Å²) in [4.78, 5) is 12.9. The Labute approximate surface area is 337 Å². The molecule has 1 saturated heterocycles. The van der Waals surface area contributed by atoms with Crippen LogP contribution in [0.1, 0.15) is 206 Å². The van der Waals surface area contributed by atoms with Gasteiger partial charge in [0.1, 0.15) is 24.4 Å². The zero-order valence-corrected chi connectivity index (χ0v) is 35.4. The normalized spacial score (nSPS) is 21.5. The Bertz CT molecular complexity index is 914. The number of aliphatic hydroxyl groups excluding tert-OH is 5. The molecule has 55 heavy (non-hydrogen) atoms. The summed E-state index contributed by atoms with van der Waals surface area (Å²) in [6.07, 6.45) is 36.5. The van der Waals surface area contributed by atoms with Gasteiger partial charge < -0.3 is 40.3 Å². The number of ether oxygens (including phenoxy) is 2. The lowest BCUT2D eigenvalue weighted by Gasteiger charge is -2.40. The monoisotopic (exact) mass is 782 g/mol. The smallest absolute Gasteiger partial charge is 0.220 e. The first-order valence-corrected chi connectivity index (χ1v) is 23.1. The predicted molar refractivity (Wildman–Crippen MR) is 226 cm³/mol. The van der Waals surface area contributed by atoms with E-state index in [9.17, 15) is 30.3 Å². The number of amides is 1. The molecule has 324 valence electrons. The van der Waals surface area contributed by atoms with Gasteiger partial charge in [0.25, 0.3) is 0 Å². The van der Waals surface area contributed by atoms with Gasteiger partial charge in [0, 0.05) is 6.42 Å². The first kappa shape index (κ1) is 51.7. The van der Waals surface area contributed by atoms with Crippen molar-refractivity contribution >= 4 is 5.91 Å². The predicted octanol–water partition coefficient (Wildman–Crippen LogP) is 9.50. The Morgan fingerprint density at radius 2 is 1.04 bits per heavy atom. The number of carbonyl (C=O) groups is 1. The summed E-state index contributed by atoms with van der Waals surface area (Å²) in [6, 6.07) is -0.816.